The Balaban J connectivity index is 1.75. The summed E-state index contributed by atoms with van der Waals surface area (Å²) in [4.78, 5) is 16.3. The van der Waals surface area contributed by atoms with Crippen LogP contribution in [0.5, 0.6) is 0 Å². The molecule has 2 aromatic carbocycles. The Bertz CT molecular complexity index is 966. The van der Waals surface area contributed by atoms with Crippen LogP contribution in [0.25, 0.3) is 16.5 Å². The summed E-state index contributed by atoms with van der Waals surface area (Å²) < 4.78 is 0. The van der Waals surface area contributed by atoms with Crippen LogP contribution < -0.4 is 11.1 Å². The number of amides is 1. The van der Waals surface area contributed by atoms with E-state index in [-0.39, 0.29) is 17.2 Å². The van der Waals surface area contributed by atoms with Crippen LogP contribution in [0.15, 0.2) is 41.4 Å². The molecule has 1 heterocycles. The Morgan fingerprint density at radius 3 is 2.65 bits per heavy atom. The van der Waals surface area contributed by atoms with Crippen LogP contribution in [0, 0.1) is 6.92 Å². The molecule has 0 unspecified atom stereocenters. The standard InChI is InChI=1S/C21H21N4O/c1-12-4-5-15(19(23)24-13(2)22)10-16(12)14-6-7-17-18(11-14)25-20(26)21(17)8-3-9-21/h4-7,10-11H,3,8-9H2,1-2H3,(H3-,22,23,24,25,26)/q-1. The Hall–Kier alpha value is -2.95. The highest BCUT2D eigenvalue weighted by Gasteiger charge is 2.50. The maximum absolute atomic E-state index is 12.4. The number of nitrogens with one attached hydrogen (secondary N) is 1. The van der Waals surface area contributed by atoms with E-state index in [1.54, 1.807) is 6.92 Å². The molecule has 5 nitrogen and oxygen atoms in total. The number of nitrogens with two attached hydrogens (primary N) is 1. The molecule has 0 atom stereocenters. The molecule has 1 aliphatic carbocycles. The highest BCUT2D eigenvalue weighted by molar-refractivity contribution is 6.09. The zero-order valence-electron chi connectivity index (χ0n) is 15.0. The van der Waals surface area contributed by atoms with Gasteiger partial charge in [-0.3, -0.25) is 4.79 Å². The molecule has 3 N–H and O–H groups in total. The number of amidine groups is 2. The topological polar surface area (TPSA) is 89.8 Å². The fourth-order valence-corrected chi connectivity index (χ4v) is 3.93. The Morgan fingerprint density at radius 2 is 2.00 bits per heavy atom. The summed E-state index contributed by atoms with van der Waals surface area (Å²) in [6, 6.07) is 11.8. The molecule has 1 saturated carbocycles. The molecule has 5 heteroatoms. The second-order valence-electron chi connectivity index (χ2n) is 7.26. The molecule has 1 aliphatic heterocycles. The summed E-state index contributed by atoms with van der Waals surface area (Å²) in [5, 5.41) is 13.2. The number of aryl methyl sites for hydroxylation is 1. The third-order valence-corrected chi connectivity index (χ3v) is 5.51. The average molecular weight is 345 g/mol. The number of carbonyl (C=O) groups excluding carboxylic acids is 1. The first-order chi connectivity index (χ1) is 12.4. The quantitative estimate of drug-likeness (QED) is 0.641. The van der Waals surface area contributed by atoms with Crippen molar-refractivity contribution in [2.75, 3.05) is 5.32 Å². The van der Waals surface area contributed by atoms with E-state index < -0.39 is 0 Å². The predicted octanol–water partition coefficient (Wildman–Crippen LogP) is 3.73. The van der Waals surface area contributed by atoms with Crippen molar-refractivity contribution in [3.63, 3.8) is 0 Å². The molecule has 2 aliphatic rings. The fourth-order valence-electron chi connectivity index (χ4n) is 3.93. The highest BCUT2D eigenvalue weighted by atomic mass is 16.2. The summed E-state index contributed by atoms with van der Waals surface area (Å²) in [6.07, 6.45) is 2.96. The minimum atomic E-state index is -0.301. The van der Waals surface area contributed by atoms with Crippen LogP contribution >= 0.6 is 0 Å². The van der Waals surface area contributed by atoms with E-state index in [2.05, 4.69) is 22.4 Å². The van der Waals surface area contributed by atoms with Crippen LogP contribution in [0.2, 0.25) is 0 Å². The monoisotopic (exact) mass is 345 g/mol. The van der Waals surface area contributed by atoms with Crippen molar-refractivity contribution in [3.8, 4) is 11.1 Å². The van der Waals surface area contributed by atoms with E-state index in [1.165, 1.54) is 0 Å². The van der Waals surface area contributed by atoms with Gasteiger partial charge in [0.2, 0.25) is 5.91 Å². The van der Waals surface area contributed by atoms with E-state index in [4.69, 9.17) is 5.73 Å². The number of hydrogen-bond acceptors (Lipinski definition) is 1. The number of hydrogen-bond donors (Lipinski definition) is 2. The fraction of sp³-hybridized carbons (Fsp3) is 0.286. The lowest BCUT2D eigenvalue weighted by atomic mass is 9.65. The number of nitrogens with zero attached hydrogens (tertiary/aromatic N) is 2. The lowest BCUT2D eigenvalue weighted by Gasteiger charge is -2.36. The molecule has 0 saturated heterocycles. The minimum Gasteiger partial charge on any atom is -0.464 e. The number of benzene rings is 2. The van der Waals surface area contributed by atoms with Crippen LogP contribution in [-0.2, 0) is 10.2 Å². The molecule has 1 spiro atoms. The van der Waals surface area contributed by atoms with Gasteiger partial charge in [0, 0.05) is 5.69 Å². The van der Waals surface area contributed by atoms with Gasteiger partial charge in [-0.15, -0.1) is 0 Å². The molecule has 26 heavy (non-hydrogen) atoms. The molecule has 2 aromatic rings. The van der Waals surface area contributed by atoms with Crippen LogP contribution in [0.1, 0.15) is 42.9 Å². The third-order valence-electron chi connectivity index (χ3n) is 5.51. The van der Waals surface area contributed by atoms with E-state index >= 15 is 0 Å². The zero-order valence-corrected chi connectivity index (χ0v) is 15.0. The van der Waals surface area contributed by atoms with E-state index in [0.717, 1.165) is 47.2 Å². The second kappa shape index (κ2) is 5.80. The molecule has 0 aromatic heterocycles. The van der Waals surface area contributed by atoms with Gasteiger partial charge in [-0.2, -0.15) is 0 Å². The summed E-state index contributed by atoms with van der Waals surface area (Å²) in [6.45, 7) is 3.65. The van der Waals surface area contributed by atoms with Gasteiger partial charge in [-0.25, -0.2) is 0 Å². The Labute approximate surface area is 152 Å². The minimum absolute atomic E-state index is 0.103. The van der Waals surface area contributed by atoms with Gasteiger partial charge in [0.15, 0.2) is 0 Å². The lowest BCUT2D eigenvalue weighted by molar-refractivity contribution is -0.123. The number of rotatable bonds is 2. The van der Waals surface area contributed by atoms with Crippen LogP contribution in [0.4, 0.5) is 5.69 Å². The maximum atomic E-state index is 12.4. The zero-order chi connectivity index (χ0) is 18.5. The van der Waals surface area contributed by atoms with Crippen LogP contribution in [-0.4, -0.2) is 17.6 Å². The first-order valence-corrected chi connectivity index (χ1v) is 8.85. The van der Waals surface area contributed by atoms with Gasteiger partial charge in [0.05, 0.1) is 5.41 Å². The summed E-state index contributed by atoms with van der Waals surface area (Å²) >= 11 is 0. The molecule has 1 amide bonds. The first kappa shape index (κ1) is 16.5. The number of fused-ring (bicyclic) bond motifs is 2. The Kier molecular flexibility index (Phi) is 3.68. The van der Waals surface area contributed by atoms with Crippen molar-refractivity contribution in [2.45, 2.75) is 38.5 Å². The molecule has 4 rings (SSSR count). The number of anilines is 1. The van der Waals surface area contributed by atoms with Crippen molar-refractivity contribution in [1.82, 2.24) is 0 Å². The molecule has 132 valence electrons. The van der Waals surface area contributed by atoms with Gasteiger partial charge in [0.1, 0.15) is 0 Å². The van der Waals surface area contributed by atoms with Crippen molar-refractivity contribution in [3.05, 3.63) is 58.5 Å². The van der Waals surface area contributed by atoms with Crippen molar-refractivity contribution in [1.29, 1.82) is 0 Å². The van der Waals surface area contributed by atoms with Gasteiger partial charge in [-0.05, 0) is 72.5 Å². The summed E-state index contributed by atoms with van der Waals surface area (Å²) in [5.41, 5.74) is 11.0. The largest absolute Gasteiger partial charge is 0.464 e. The summed E-state index contributed by atoms with van der Waals surface area (Å²) in [7, 11) is 0. The molecule has 0 bridgehead atoms. The SMILES string of the molecule is CC(N)=NC(=[N-])c1ccc(C)c(-c2ccc3c(c2)NC(=O)C32CCC2)c1. The number of carbonyl (C=O) groups is 1. The molecular formula is C21H21N4O-. The maximum Gasteiger partial charge on any atom is 0.235 e. The summed E-state index contributed by atoms with van der Waals surface area (Å²) in [5.74, 6) is 0.324. The lowest BCUT2D eigenvalue weighted by Crippen LogP contribution is -2.40. The van der Waals surface area contributed by atoms with Gasteiger partial charge in [-0.1, -0.05) is 36.5 Å². The van der Waals surface area contributed by atoms with E-state index in [1.807, 2.05) is 31.2 Å². The van der Waals surface area contributed by atoms with Gasteiger partial charge < -0.3 is 21.5 Å². The van der Waals surface area contributed by atoms with Crippen molar-refractivity contribution in [2.24, 2.45) is 10.7 Å². The van der Waals surface area contributed by atoms with Gasteiger partial charge >= 0.3 is 0 Å². The van der Waals surface area contributed by atoms with Crippen molar-refractivity contribution < 1.29 is 4.79 Å². The second-order valence-corrected chi connectivity index (χ2v) is 7.26. The average Bonchev–Trinajstić information content (AvgIpc) is 2.85. The van der Waals surface area contributed by atoms with E-state index in [9.17, 15) is 10.2 Å². The number of aliphatic imine (C=N–C) groups is 1. The molecule has 1 fully saturated rings. The first-order valence-electron chi connectivity index (χ1n) is 8.85. The highest BCUT2D eigenvalue weighted by Crippen LogP contribution is 2.51. The van der Waals surface area contributed by atoms with E-state index in [0.29, 0.717) is 11.4 Å². The molecular weight excluding hydrogens is 324 g/mol. The normalized spacial score (nSPS) is 17.6. The predicted molar refractivity (Wildman–Crippen MR) is 106 cm³/mol. The van der Waals surface area contributed by atoms with Crippen LogP contribution in [0.3, 0.4) is 0 Å². The Morgan fingerprint density at radius 1 is 1.23 bits per heavy atom. The smallest absolute Gasteiger partial charge is 0.235 e. The van der Waals surface area contributed by atoms with Crippen molar-refractivity contribution >= 4 is 23.3 Å². The molecule has 0 radical (unpaired) electrons. The van der Waals surface area contributed by atoms with Gasteiger partial charge in [0.25, 0.3) is 0 Å². The third kappa shape index (κ3) is 2.43.